The molecule has 1 saturated heterocycles. The number of carbonyl (C=O) groups is 3. The molecule has 0 bridgehead atoms. The van der Waals surface area contributed by atoms with E-state index in [2.05, 4.69) is 24.5 Å². The number of aryl methyl sites for hydroxylation is 1. The van der Waals surface area contributed by atoms with Gasteiger partial charge in [0.25, 0.3) is 5.91 Å². The summed E-state index contributed by atoms with van der Waals surface area (Å²) in [6.07, 6.45) is 1.39. The van der Waals surface area contributed by atoms with E-state index in [1.807, 2.05) is 32.0 Å². The van der Waals surface area contributed by atoms with E-state index < -0.39 is 6.04 Å². The predicted molar refractivity (Wildman–Crippen MR) is 110 cm³/mol. The fourth-order valence-electron chi connectivity index (χ4n) is 3.47. The first-order valence-electron chi connectivity index (χ1n) is 10.1. The van der Waals surface area contributed by atoms with Crippen LogP contribution in [0.4, 0.5) is 0 Å². The van der Waals surface area contributed by atoms with Crippen molar-refractivity contribution in [3.05, 3.63) is 35.4 Å². The molecule has 28 heavy (non-hydrogen) atoms. The molecule has 1 aromatic carbocycles. The number of amides is 3. The zero-order valence-corrected chi connectivity index (χ0v) is 17.6. The normalized spacial score (nSPS) is 17.1. The number of nitrogens with one attached hydrogen (secondary N) is 2. The topological polar surface area (TPSA) is 78.5 Å². The van der Waals surface area contributed by atoms with Crippen LogP contribution in [-0.4, -0.2) is 47.8 Å². The Morgan fingerprint density at radius 3 is 2.18 bits per heavy atom. The zero-order chi connectivity index (χ0) is 20.8. The maximum atomic E-state index is 13.0. The summed E-state index contributed by atoms with van der Waals surface area (Å²) in [5, 5.41) is 6.03. The zero-order valence-electron chi connectivity index (χ0n) is 17.6. The summed E-state index contributed by atoms with van der Waals surface area (Å²) in [6.45, 7) is 10.8. The fourth-order valence-corrected chi connectivity index (χ4v) is 3.47. The number of piperidine rings is 1. The van der Waals surface area contributed by atoms with Crippen LogP contribution in [0.1, 0.15) is 56.5 Å². The van der Waals surface area contributed by atoms with Gasteiger partial charge in [-0.1, -0.05) is 32.0 Å². The van der Waals surface area contributed by atoms with Gasteiger partial charge in [-0.3, -0.25) is 14.4 Å². The van der Waals surface area contributed by atoms with Crippen molar-refractivity contribution in [2.45, 2.75) is 59.5 Å². The summed E-state index contributed by atoms with van der Waals surface area (Å²) in [5.74, 6) is -0.0233. The highest BCUT2D eigenvalue weighted by atomic mass is 16.2. The van der Waals surface area contributed by atoms with Gasteiger partial charge in [0.1, 0.15) is 6.04 Å². The molecule has 154 valence electrons. The Bertz CT molecular complexity index is 709. The number of hydrogen-bond acceptors (Lipinski definition) is 3. The van der Waals surface area contributed by atoms with E-state index in [0.717, 1.165) is 5.56 Å². The first-order valence-corrected chi connectivity index (χ1v) is 10.1. The van der Waals surface area contributed by atoms with Crippen LogP contribution in [0, 0.1) is 18.8 Å². The van der Waals surface area contributed by atoms with Gasteiger partial charge in [-0.25, -0.2) is 0 Å². The average Bonchev–Trinajstić information content (AvgIpc) is 2.66. The minimum absolute atomic E-state index is 0.00271. The molecule has 6 heteroatoms. The molecule has 0 radical (unpaired) electrons. The fraction of sp³-hybridized carbons (Fsp3) is 0.591. The Balaban J connectivity index is 2.16. The Morgan fingerprint density at radius 2 is 1.64 bits per heavy atom. The summed E-state index contributed by atoms with van der Waals surface area (Å²) >= 11 is 0. The molecule has 1 aliphatic rings. The van der Waals surface area contributed by atoms with Gasteiger partial charge in [-0.15, -0.1) is 0 Å². The van der Waals surface area contributed by atoms with E-state index in [9.17, 15) is 14.4 Å². The molecule has 6 nitrogen and oxygen atoms in total. The van der Waals surface area contributed by atoms with Crippen molar-refractivity contribution < 1.29 is 14.4 Å². The molecule has 2 N–H and O–H groups in total. The van der Waals surface area contributed by atoms with Crippen LogP contribution in [0.3, 0.4) is 0 Å². The molecule has 2 rings (SSSR count). The van der Waals surface area contributed by atoms with Crippen molar-refractivity contribution in [2.75, 3.05) is 13.1 Å². The van der Waals surface area contributed by atoms with Crippen molar-refractivity contribution in [1.29, 1.82) is 0 Å². The van der Waals surface area contributed by atoms with Gasteiger partial charge >= 0.3 is 0 Å². The largest absolute Gasteiger partial charge is 0.352 e. The third kappa shape index (κ3) is 5.57. The minimum atomic E-state index is -0.609. The summed E-state index contributed by atoms with van der Waals surface area (Å²) in [4.78, 5) is 39.3. The van der Waals surface area contributed by atoms with E-state index in [0.29, 0.717) is 37.4 Å². The quantitative estimate of drug-likeness (QED) is 0.787. The van der Waals surface area contributed by atoms with E-state index >= 15 is 0 Å². The SMILES string of the molecule is CC(=O)N1CCC([C@H](NC(=O)c2ccccc2C)C(=O)N[C@@H](C)C(C)C)CC1. The number of hydrogen-bond donors (Lipinski definition) is 2. The maximum Gasteiger partial charge on any atom is 0.252 e. The molecule has 0 saturated carbocycles. The van der Waals surface area contributed by atoms with Gasteiger partial charge in [0.2, 0.25) is 11.8 Å². The second-order valence-electron chi connectivity index (χ2n) is 8.15. The predicted octanol–water partition coefficient (Wildman–Crippen LogP) is 2.51. The van der Waals surface area contributed by atoms with Crippen LogP contribution in [0.25, 0.3) is 0 Å². The van der Waals surface area contributed by atoms with Gasteiger partial charge in [0.15, 0.2) is 0 Å². The number of rotatable bonds is 6. The molecule has 0 unspecified atom stereocenters. The number of carbonyl (C=O) groups excluding carboxylic acids is 3. The van der Waals surface area contributed by atoms with E-state index in [1.165, 1.54) is 0 Å². The van der Waals surface area contributed by atoms with Crippen molar-refractivity contribution in [3.8, 4) is 0 Å². The summed E-state index contributed by atoms with van der Waals surface area (Å²) in [6, 6.07) is 6.77. The average molecular weight is 388 g/mol. The summed E-state index contributed by atoms with van der Waals surface area (Å²) in [7, 11) is 0. The molecule has 1 aromatic rings. The first-order chi connectivity index (χ1) is 13.2. The lowest BCUT2D eigenvalue weighted by atomic mass is 9.88. The molecule has 1 aliphatic heterocycles. The van der Waals surface area contributed by atoms with Crippen LogP contribution in [0.5, 0.6) is 0 Å². The highest BCUT2D eigenvalue weighted by Crippen LogP contribution is 2.22. The van der Waals surface area contributed by atoms with Gasteiger partial charge in [-0.2, -0.15) is 0 Å². The second-order valence-corrected chi connectivity index (χ2v) is 8.15. The Morgan fingerprint density at radius 1 is 1.04 bits per heavy atom. The standard InChI is InChI=1S/C22H33N3O3/c1-14(2)16(4)23-22(28)20(18-10-12-25(13-11-18)17(5)26)24-21(27)19-9-7-6-8-15(19)3/h6-9,14,16,18,20H,10-13H2,1-5H3,(H,23,28)(H,24,27)/t16-,20-/m0/s1. The smallest absolute Gasteiger partial charge is 0.252 e. The molecular weight excluding hydrogens is 354 g/mol. The number of nitrogens with zero attached hydrogens (tertiary/aromatic N) is 1. The van der Waals surface area contributed by atoms with Crippen LogP contribution >= 0.6 is 0 Å². The lowest BCUT2D eigenvalue weighted by Gasteiger charge is -2.36. The highest BCUT2D eigenvalue weighted by Gasteiger charge is 2.34. The van der Waals surface area contributed by atoms with Crippen molar-refractivity contribution in [3.63, 3.8) is 0 Å². The monoisotopic (exact) mass is 387 g/mol. The van der Waals surface area contributed by atoms with Crippen LogP contribution in [0.2, 0.25) is 0 Å². The molecule has 3 amide bonds. The minimum Gasteiger partial charge on any atom is -0.352 e. The molecule has 0 spiro atoms. The van der Waals surface area contributed by atoms with E-state index in [1.54, 1.807) is 17.9 Å². The summed E-state index contributed by atoms with van der Waals surface area (Å²) < 4.78 is 0. The molecule has 0 aliphatic carbocycles. The molecular formula is C22H33N3O3. The van der Waals surface area contributed by atoms with Gasteiger partial charge < -0.3 is 15.5 Å². The lowest BCUT2D eigenvalue weighted by molar-refractivity contribution is -0.130. The van der Waals surface area contributed by atoms with Gasteiger partial charge in [-0.05, 0) is 50.2 Å². The Labute approximate surface area is 168 Å². The third-order valence-corrected chi connectivity index (χ3v) is 5.79. The molecule has 1 fully saturated rings. The third-order valence-electron chi connectivity index (χ3n) is 5.79. The van der Waals surface area contributed by atoms with Gasteiger partial charge in [0.05, 0.1) is 0 Å². The summed E-state index contributed by atoms with van der Waals surface area (Å²) in [5.41, 5.74) is 1.46. The lowest BCUT2D eigenvalue weighted by Crippen LogP contribution is -2.55. The van der Waals surface area contributed by atoms with Crippen LogP contribution in [0.15, 0.2) is 24.3 Å². The first kappa shape index (κ1) is 21.9. The van der Waals surface area contributed by atoms with Crippen LogP contribution < -0.4 is 10.6 Å². The van der Waals surface area contributed by atoms with E-state index in [-0.39, 0.29) is 29.7 Å². The van der Waals surface area contributed by atoms with Crippen molar-refractivity contribution >= 4 is 17.7 Å². The van der Waals surface area contributed by atoms with Gasteiger partial charge in [0, 0.05) is 31.6 Å². The number of benzene rings is 1. The maximum absolute atomic E-state index is 13.0. The Kier molecular flexibility index (Phi) is 7.61. The Hall–Kier alpha value is -2.37. The molecule has 1 heterocycles. The second kappa shape index (κ2) is 9.71. The van der Waals surface area contributed by atoms with E-state index in [4.69, 9.17) is 0 Å². The molecule has 0 aromatic heterocycles. The highest BCUT2D eigenvalue weighted by molar-refractivity contribution is 5.98. The van der Waals surface area contributed by atoms with Crippen molar-refractivity contribution in [2.24, 2.45) is 11.8 Å². The number of likely N-dealkylation sites (tertiary alicyclic amines) is 1. The van der Waals surface area contributed by atoms with Crippen LogP contribution in [-0.2, 0) is 9.59 Å². The van der Waals surface area contributed by atoms with Crippen molar-refractivity contribution in [1.82, 2.24) is 15.5 Å². The molecule has 2 atom stereocenters.